The van der Waals surface area contributed by atoms with Crippen LogP contribution >= 0.6 is 23.1 Å². The topological polar surface area (TPSA) is 66.4 Å². The molecule has 1 heterocycles. The molecule has 0 saturated heterocycles. The van der Waals surface area contributed by atoms with Gasteiger partial charge in [0.05, 0.1) is 17.9 Å². The third-order valence-corrected chi connectivity index (χ3v) is 4.40. The minimum absolute atomic E-state index is 0.0364. The molecule has 2 N–H and O–H groups in total. The molecule has 0 aliphatic heterocycles. The number of nitrogens with one attached hydrogen (secondary N) is 1. The number of thiophene rings is 1. The Morgan fingerprint density at radius 3 is 2.55 bits per heavy atom. The van der Waals surface area contributed by atoms with Gasteiger partial charge in [-0.2, -0.15) is 0 Å². The Morgan fingerprint density at radius 1 is 1.20 bits per heavy atom. The van der Waals surface area contributed by atoms with E-state index in [0.717, 1.165) is 9.77 Å². The molecule has 0 unspecified atom stereocenters. The summed E-state index contributed by atoms with van der Waals surface area (Å²) in [7, 11) is 0. The molecule has 0 fully saturated rings. The SMILES string of the molecule is O=C(CSc1ccc(C(=O)O)cc1)NCc1cccs1. The number of amides is 1. The normalized spacial score (nSPS) is 10.2. The molecule has 104 valence electrons. The maximum absolute atomic E-state index is 11.7. The molecular formula is C14H13NO3S2. The first-order valence-electron chi connectivity index (χ1n) is 5.90. The number of thioether (sulfide) groups is 1. The van der Waals surface area contributed by atoms with Crippen LogP contribution in [-0.4, -0.2) is 22.7 Å². The molecule has 0 saturated carbocycles. The summed E-state index contributed by atoms with van der Waals surface area (Å²) < 4.78 is 0. The van der Waals surface area contributed by atoms with Crippen LogP contribution in [0.4, 0.5) is 0 Å². The van der Waals surface area contributed by atoms with Crippen molar-refractivity contribution < 1.29 is 14.7 Å². The van der Waals surface area contributed by atoms with Crippen LogP contribution in [0.15, 0.2) is 46.7 Å². The van der Waals surface area contributed by atoms with Crippen LogP contribution in [0.25, 0.3) is 0 Å². The quantitative estimate of drug-likeness (QED) is 0.805. The number of hydrogen-bond acceptors (Lipinski definition) is 4. The molecule has 20 heavy (non-hydrogen) atoms. The summed E-state index contributed by atoms with van der Waals surface area (Å²) in [6.07, 6.45) is 0. The van der Waals surface area contributed by atoms with E-state index in [0.29, 0.717) is 12.3 Å². The van der Waals surface area contributed by atoms with Crippen molar-refractivity contribution >= 4 is 35.0 Å². The van der Waals surface area contributed by atoms with E-state index in [1.807, 2.05) is 17.5 Å². The van der Waals surface area contributed by atoms with Gasteiger partial charge in [0.15, 0.2) is 0 Å². The van der Waals surface area contributed by atoms with Gasteiger partial charge in [-0.15, -0.1) is 23.1 Å². The highest BCUT2D eigenvalue weighted by Gasteiger charge is 2.05. The van der Waals surface area contributed by atoms with Crippen molar-refractivity contribution in [2.24, 2.45) is 0 Å². The third-order valence-electron chi connectivity index (χ3n) is 2.51. The zero-order valence-electron chi connectivity index (χ0n) is 10.5. The predicted molar refractivity (Wildman–Crippen MR) is 80.3 cm³/mol. The van der Waals surface area contributed by atoms with Crippen molar-refractivity contribution in [1.29, 1.82) is 0 Å². The van der Waals surface area contributed by atoms with Crippen LogP contribution in [0.3, 0.4) is 0 Å². The highest BCUT2D eigenvalue weighted by molar-refractivity contribution is 8.00. The zero-order chi connectivity index (χ0) is 14.4. The minimum atomic E-state index is -0.949. The summed E-state index contributed by atoms with van der Waals surface area (Å²) in [5.74, 6) is -0.668. The molecule has 0 atom stereocenters. The Bertz CT molecular complexity index is 579. The largest absolute Gasteiger partial charge is 0.478 e. The van der Waals surface area contributed by atoms with Crippen molar-refractivity contribution in [2.45, 2.75) is 11.4 Å². The highest BCUT2D eigenvalue weighted by atomic mass is 32.2. The number of carbonyl (C=O) groups is 2. The van der Waals surface area contributed by atoms with Gasteiger partial charge < -0.3 is 10.4 Å². The average Bonchev–Trinajstić information content (AvgIpc) is 2.96. The Balaban J connectivity index is 1.76. The van der Waals surface area contributed by atoms with E-state index < -0.39 is 5.97 Å². The molecule has 0 bridgehead atoms. The number of benzene rings is 1. The van der Waals surface area contributed by atoms with Gasteiger partial charge in [0, 0.05) is 9.77 Å². The number of rotatable bonds is 6. The van der Waals surface area contributed by atoms with Crippen molar-refractivity contribution in [3.63, 3.8) is 0 Å². The molecule has 4 nitrogen and oxygen atoms in total. The van der Waals surface area contributed by atoms with E-state index in [1.54, 1.807) is 23.5 Å². The van der Waals surface area contributed by atoms with E-state index in [1.165, 1.54) is 23.9 Å². The Kier molecular flexibility index (Phi) is 5.20. The summed E-state index contributed by atoms with van der Waals surface area (Å²) in [5, 5.41) is 13.6. The first-order valence-corrected chi connectivity index (χ1v) is 7.77. The fourth-order valence-corrected chi connectivity index (χ4v) is 2.87. The Morgan fingerprint density at radius 2 is 1.95 bits per heavy atom. The van der Waals surface area contributed by atoms with Crippen LogP contribution in [0, 0.1) is 0 Å². The monoisotopic (exact) mass is 307 g/mol. The van der Waals surface area contributed by atoms with Gasteiger partial charge in [-0.3, -0.25) is 4.79 Å². The average molecular weight is 307 g/mol. The van der Waals surface area contributed by atoms with Crippen LogP contribution in [0.1, 0.15) is 15.2 Å². The lowest BCUT2D eigenvalue weighted by Crippen LogP contribution is -2.24. The zero-order valence-corrected chi connectivity index (χ0v) is 12.2. The summed E-state index contributed by atoms with van der Waals surface area (Å²) in [6, 6.07) is 10.4. The van der Waals surface area contributed by atoms with E-state index in [-0.39, 0.29) is 11.5 Å². The first-order chi connectivity index (χ1) is 9.65. The highest BCUT2D eigenvalue weighted by Crippen LogP contribution is 2.18. The molecule has 0 aliphatic carbocycles. The minimum Gasteiger partial charge on any atom is -0.478 e. The molecular weight excluding hydrogens is 294 g/mol. The smallest absolute Gasteiger partial charge is 0.335 e. The van der Waals surface area contributed by atoms with Crippen LogP contribution in [-0.2, 0) is 11.3 Å². The summed E-state index contributed by atoms with van der Waals surface area (Å²) >= 11 is 2.99. The number of hydrogen-bond donors (Lipinski definition) is 2. The van der Waals surface area contributed by atoms with E-state index in [2.05, 4.69) is 5.32 Å². The maximum Gasteiger partial charge on any atom is 0.335 e. The van der Waals surface area contributed by atoms with E-state index in [4.69, 9.17) is 5.11 Å². The number of carboxylic acids is 1. The lowest BCUT2D eigenvalue weighted by molar-refractivity contribution is -0.118. The van der Waals surface area contributed by atoms with Crippen LogP contribution in [0.5, 0.6) is 0 Å². The fraction of sp³-hybridized carbons (Fsp3) is 0.143. The van der Waals surface area contributed by atoms with Gasteiger partial charge in [0.2, 0.25) is 5.91 Å². The third kappa shape index (κ3) is 4.40. The van der Waals surface area contributed by atoms with Crippen molar-refractivity contribution in [1.82, 2.24) is 5.32 Å². The van der Waals surface area contributed by atoms with Gasteiger partial charge in [-0.1, -0.05) is 6.07 Å². The molecule has 1 aromatic heterocycles. The Labute approximate surface area is 124 Å². The lowest BCUT2D eigenvalue weighted by Gasteiger charge is -2.04. The van der Waals surface area contributed by atoms with Crippen molar-refractivity contribution in [2.75, 3.05) is 5.75 Å². The molecule has 2 rings (SSSR count). The van der Waals surface area contributed by atoms with Crippen LogP contribution < -0.4 is 5.32 Å². The van der Waals surface area contributed by atoms with E-state index in [9.17, 15) is 9.59 Å². The number of carboxylic acid groups (broad SMARTS) is 1. The molecule has 1 aromatic carbocycles. The van der Waals surface area contributed by atoms with Gasteiger partial charge in [-0.05, 0) is 35.7 Å². The second-order valence-electron chi connectivity index (χ2n) is 3.97. The molecule has 0 spiro atoms. The van der Waals surface area contributed by atoms with Gasteiger partial charge in [-0.25, -0.2) is 4.79 Å². The molecule has 0 radical (unpaired) electrons. The standard InChI is InChI=1S/C14H13NO3S2/c16-13(15-8-12-2-1-7-19-12)9-20-11-5-3-10(4-6-11)14(17)18/h1-7H,8-9H2,(H,15,16)(H,17,18). The van der Waals surface area contributed by atoms with Crippen molar-refractivity contribution in [3.8, 4) is 0 Å². The van der Waals surface area contributed by atoms with Gasteiger partial charge in [0.25, 0.3) is 0 Å². The second kappa shape index (κ2) is 7.12. The summed E-state index contributed by atoms with van der Waals surface area (Å²) in [6.45, 7) is 0.551. The lowest BCUT2D eigenvalue weighted by atomic mass is 10.2. The summed E-state index contributed by atoms with van der Waals surface area (Å²) in [5.41, 5.74) is 0.247. The molecule has 2 aromatic rings. The molecule has 6 heteroatoms. The fourth-order valence-electron chi connectivity index (χ4n) is 1.49. The Hall–Kier alpha value is -1.79. The molecule has 1 amide bonds. The van der Waals surface area contributed by atoms with Crippen molar-refractivity contribution in [3.05, 3.63) is 52.2 Å². The summed E-state index contributed by atoms with van der Waals surface area (Å²) in [4.78, 5) is 24.4. The first kappa shape index (κ1) is 14.6. The molecule has 0 aliphatic rings. The van der Waals surface area contributed by atoms with E-state index >= 15 is 0 Å². The van der Waals surface area contributed by atoms with Crippen LogP contribution in [0.2, 0.25) is 0 Å². The number of aromatic carboxylic acids is 1. The number of carbonyl (C=O) groups excluding carboxylic acids is 1. The van der Waals surface area contributed by atoms with Gasteiger partial charge >= 0.3 is 5.97 Å². The van der Waals surface area contributed by atoms with Gasteiger partial charge in [0.1, 0.15) is 0 Å². The second-order valence-corrected chi connectivity index (χ2v) is 6.06. The maximum atomic E-state index is 11.7. The predicted octanol–water partition coefficient (Wildman–Crippen LogP) is 2.85.